The Hall–Kier alpha value is -2.07. The Morgan fingerprint density at radius 1 is 1.00 bits per heavy atom. The van der Waals surface area contributed by atoms with Crippen molar-refractivity contribution in [1.82, 2.24) is 5.32 Å². The second-order valence-electron chi connectivity index (χ2n) is 6.52. The summed E-state index contributed by atoms with van der Waals surface area (Å²) in [4.78, 5) is 0. The summed E-state index contributed by atoms with van der Waals surface area (Å²) < 4.78 is 6.13. The predicted octanol–water partition coefficient (Wildman–Crippen LogP) is 4.62. The molecule has 0 spiro atoms. The monoisotopic (exact) mass is 371 g/mol. The van der Waals surface area contributed by atoms with E-state index >= 15 is 0 Å². The first-order chi connectivity index (χ1) is 12.1. The molecular weight excluding hydrogens is 346 g/mol. The molecule has 2 N–H and O–H groups in total. The zero-order valence-electron chi connectivity index (χ0n) is 15.2. The summed E-state index contributed by atoms with van der Waals surface area (Å²) in [6.07, 6.45) is -0.369. The van der Waals surface area contributed by atoms with Crippen LogP contribution in [0.4, 0.5) is 0 Å². The predicted molar refractivity (Wildman–Crippen MR) is 110 cm³/mol. The fraction of sp³-hybridized carbons (Fsp3) is 0.273. The second kappa shape index (κ2) is 9.58. The molecule has 0 radical (unpaired) electrons. The third-order valence-electron chi connectivity index (χ3n) is 4.25. The minimum absolute atomic E-state index is 0. The van der Waals surface area contributed by atoms with Gasteiger partial charge in [0.25, 0.3) is 0 Å². The number of aliphatic hydroxyl groups excluding tert-OH is 1. The van der Waals surface area contributed by atoms with Crippen LogP contribution in [0.5, 0.6) is 5.75 Å². The van der Waals surface area contributed by atoms with Crippen molar-refractivity contribution in [2.45, 2.75) is 33.1 Å². The minimum Gasteiger partial charge on any atom is -0.489 e. The molecule has 3 aromatic rings. The van der Waals surface area contributed by atoms with E-state index in [0.717, 1.165) is 16.9 Å². The molecule has 1 unspecified atom stereocenters. The average molecular weight is 372 g/mol. The lowest BCUT2D eigenvalue weighted by atomic mass is 10.0. The molecule has 3 aromatic carbocycles. The number of halogens is 1. The normalized spacial score (nSPS) is 11.8. The van der Waals surface area contributed by atoms with E-state index in [1.54, 1.807) is 6.92 Å². The van der Waals surface area contributed by atoms with Gasteiger partial charge in [-0.1, -0.05) is 60.2 Å². The van der Waals surface area contributed by atoms with Gasteiger partial charge in [-0.25, -0.2) is 0 Å². The maximum absolute atomic E-state index is 9.49. The van der Waals surface area contributed by atoms with Crippen LogP contribution < -0.4 is 10.1 Å². The van der Waals surface area contributed by atoms with Crippen LogP contribution in [0.2, 0.25) is 0 Å². The van der Waals surface area contributed by atoms with Crippen molar-refractivity contribution in [3.8, 4) is 5.75 Å². The van der Waals surface area contributed by atoms with Crippen LogP contribution in [0.15, 0.2) is 60.7 Å². The number of fused-ring (bicyclic) bond motifs is 1. The number of aryl methyl sites for hydroxylation is 1. The van der Waals surface area contributed by atoms with Gasteiger partial charge in [-0.2, -0.15) is 0 Å². The lowest BCUT2D eigenvalue weighted by molar-refractivity contribution is 0.190. The first kappa shape index (κ1) is 20.2. The molecule has 0 bridgehead atoms. The van der Waals surface area contributed by atoms with Crippen molar-refractivity contribution >= 4 is 23.2 Å². The molecule has 0 aliphatic carbocycles. The lowest BCUT2D eigenvalue weighted by Crippen LogP contribution is -2.24. The fourth-order valence-corrected chi connectivity index (χ4v) is 2.88. The summed E-state index contributed by atoms with van der Waals surface area (Å²) in [6.45, 7) is 5.63. The molecule has 0 amide bonds. The van der Waals surface area contributed by atoms with Crippen molar-refractivity contribution in [1.29, 1.82) is 0 Å². The zero-order chi connectivity index (χ0) is 17.6. The molecule has 0 aliphatic rings. The van der Waals surface area contributed by atoms with E-state index in [1.165, 1.54) is 16.3 Å². The number of nitrogens with one attached hydrogen (secondary N) is 1. The third kappa shape index (κ3) is 5.21. The minimum atomic E-state index is -0.369. The van der Waals surface area contributed by atoms with E-state index in [1.807, 2.05) is 18.2 Å². The number of benzene rings is 3. The Bertz CT molecular complexity index is 831. The van der Waals surface area contributed by atoms with E-state index in [9.17, 15) is 5.11 Å². The lowest BCUT2D eigenvalue weighted by Gasteiger charge is -2.16. The molecule has 1 atom stereocenters. The average Bonchev–Trinajstić information content (AvgIpc) is 2.62. The van der Waals surface area contributed by atoms with Crippen molar-refractivity contribution in [2.24, 2.45) is 0 Å². The molecular formula is C22H26ClNO2. The number of aliphatic hydroxyl groups is 1. The summed E-state index contributed by atoms with van der Waals surface area (Å²) in [5.74, 6) is 0.886. The van der Waals surface area contributed by atoms with Gasteiger partial charge in [0.2, 0.25) is 0 Å². The molecule has 0 saturated heterocycles. The number of hydrogen-bond acceptors (Lipinski definition) is 3. The maximum Gasteiger partial charge on any atom is 0.124 e. The van der Waals surface area contributed by atoms with Gasteiger partial charge in [0, 0.05) is 18.7 Å². The zero-order valence-corrected chi connectivity index (χ0v) is 16.1. The van der Waals surface area contributed by atoms with Gasteiger partial charge in [-0.15, -0.1) is 12.4 Å². The van der Waals surface area contributed by atoms with Crippen molar-refractivity contribution in [3.05, 3.63) is 77.4 Å². The number of ether oxygens (including phenoxy) is 1. The molecule has 0 saturated carbocycles. The summed E-state index contributed by atoms with van der Waals surface area (Å²) >= 11 is 0. The SMILES string of the molecule is Cc1ccc(COc2ccc3ccccc3c2CNCC(C)O)cc1.Cl. The standard InChI is InChI=1S/C22H25NO2.ClH/c1-16-7-9-18(10-8-16)15-25-22-12-11-19-5-3-4-6-20(19)21(22)14-23-13-17(2)24;/h3-12,17,23-24H,13-15H2,1-2H3;1H. The quantitative estimate of drug-likeness (QED) is 0.636. The van der Waals surface area contributed by atoms with Crippen LogP contribution in [0.1, 0.15) is 23.6 Å². The summed E-state index contributed by atoms with van der Waals surface area (Å²) in [7, 11) is 0. The van der Waals surface area contributed by atoms with Crippen LogP contribution in [0, 0.1) is 6.92 Å². The first-order valence-corrected chi connectivity index (χ1v) is 8.71. The van der Waals surface area contributed by atoms with Crippen LogP contribution in [0.3, 0.4) is 0 Å². The molecule has 3 nitrogen and oxygen atoms in total. The van der Waals surface area contributed by atoms with Crippen LogP contribution >= 0.6 is 12.4 Å². The number of rotatable bonds is 7. The van der Waals surface area contributed by atoms with Gasteiger partial charge < -0.3 is 15.2 Å². The molecule has 138 valence electrons. The third-order valence-corrected chi connectivity index (χ3v) is 4.25. The van der Waals surface area contributed by atoms with E-state index < -0.39 is 0 Å². The largest absolute Gasteiger partial charge is 0.489 e. The number of hydrogen-bond donors (Lipinski definition) is 2. The van der Waals surface area contributed by atoms with Gasteiger partial charge in [0.05, 0.1) is 6.10 Å². The van der Waals surface area contributed by atoms with E-state index in [2.05, 4.69) is 54.7 Å². The van der Waals surface area contributed by atoms with Gasteiger partial charge in [-0.05, 0) is 36.2 Å². The van der Waals surface area contributed by atoms with Crippen molar-refractivity contribution < 1.29 is 9.84 Å². The molecule has 3 rings (SSSR count). The van der Waals surface area contributed by atoms with E-state index in [0.29, 0.717) is 19.7 Å². The van der Waals surface area contributed by atoms with Gasteiger partial charge in [0.15, 0.2) is 0 Å². The Labute approximate surface area is 161 Å². The Kier molecular flexibility index (Phi) is 7.46. The summed E-state index contributed by atoms with van der Waals surface area (Å²) in [5, 5.41) is 15.2. The molecule has 0 aliphatic heterocycles. The van der Waals surface area contributed by atoms with Crippen LogP contribution in [0.25, 0.3) is 10.8 Å². The van der Waals surface area contributed by atoms with E-state index in [-0.39, 0.29) is 18.5 Å². The smallest absolute Gasteiger partial charge is 0.124 e. The highest BCUT2D eigenvalue weighted by atomic mass is 35.5. The highest BCUT2D eigenvalue weighted by Crippen LogP contribution is 2.28. The van der Waals surface area contributed by atoms with Crippen LogP contribution in [-0.2, 0) is 13.2 Å². The molecule has 0 heterocycles. The Balaban J connectivity index is 0.00000243. The highest BCUT2D eigenvalue weighted by Gasteiger charge is 2.09. The summed E-state index contributed by atoms with van der Waals surface area (Å²) in [6, 6.07) is 20.9. The van der Waals surface area contributed by atoms with Gasteiger partial charge in [-0.3, -0.25) is 0 Å². The fourth-order valence-electron chi connectivity index (χ4n) is 2.88. The molecule has 4 heteroatoms. The highest BCUT2D eigenvalue weighted by molar-refractivity contribution is 5.87. The van der Waals surface area contributed by atoms with Gasteiger partial charge in [0.1, 0.15) is 12.4 Å². The van der Waals surface area contributed by atoms with Gasteiger partial charge >= 0.3 is 0 Å². The maximum atomic E-state index is 9.49. The Morgan fingerprint density at radius 3 is 2.46 bits per heavy atom. The molecule has 0 aromatic heterocycles. The summed E-state index contributed by atoms with van der Waals surface area (Å²) in [5.41, 5.74) is 3.53. The van der Waals surface area contributed by atoms with Crippen molar-refractivity contribution in [3.63, 3.8) is 0 Å². The molecule has 0 fully saturated rings. The van der Waals surface area contributed by atoms with Crippen LogP contribution in [-0.4, -0.2) is 17.8 Å². The van der Waals surface area contributed by atoms with Crippen molar-refractivity contribution in [2.75, 3.05) is 6.54 Å². The first-order valence-electron chi connectivity index (χ1n) is 8.71. The van der Waals surface area contributed by atoms with E-state index in [4.69, 9.17) is 4.74 Å². The molecule has 26 heavy (non-hydrogen) atoms. The Morgan fingerprint density at radius 2 is 1.73 bits per heavy atom. The topological polar surface area (TPSA) is 41.5 Å². The second-order valence-corrected chi connectivity index (χ2v) is 6.52.